The number of benzene rings is 2. The topological polar surface area (TPSA) is 140 Å². The van der Waals surface area contributed by atoms with E-state index in [1.54, 1.807) is 34.5 Å². The Morgan fingerprint density at radius 1 is 0.872 bits per heavy atom. The summed E-state index contributed by atoms with van der Waals surface area (Å²) >= 11 is 0. The van der Waals surface area contributed by atoms with E-state index in [-0.39, 0.29) is 35.5 Å². The van der Waals surface area contributed by atoms with Crippen LogP contribution in [0, 0.1) is 0 Å². The van der Waals surface area contributed by atoms with Gasteiger partial charge in [-0.3, -0.25) is 14.4 Å². The minimum absolute atomic E-state index is 0.0934. The van der Waals surface area contributed by atoms with Crippen molar-refractivity contribution in [3.63, 3.8) is 0 Å². The number of ether oxygens (including phenoxy) is 4. The average molecular weight is 641 g/mol. The van der Waals surface area contributed by atoms with Crippen molar-refractivity contribution in [3.05, 3.63) is 75.1 Å². The summed E-state index contributed by atoms with van der Waals surface area (Å²) in [6.45, 7) is 1.36. The van der Waals surface area contributed by atoms with E-state index in [0.717, 1.165) is 52.7 Å². The van der Waals surface area contributed by atoms with Crippen LogP contribution in [0.4, 0.5) is 5.69 Å². The van der Waals surface area contributed by atoms with Crippen LogP contribution in [0.2, 0.25) is 0 Å². The Hall–Kier alpha value is -5.19. The first kappa shape index (κ1) is 31.8. The number of carbonyl (C=O) groups is 2. The monoisotopic (exact) mass is 640 g/mol. The van der Waals surface area contributed by atoms with Crippen LogP contribution in [0.5, 0.6) is 23.0 Å². The number of rotatable bonds is 9. The number of anilines is 1. The Bertz CT molecular complexity index is 1920. The first-order valence-electron chi connectivity index (χ1n) is 15.8. The van der Waals surface area contributed by atoms with Gasteiger partial charge in [0.2, 0.25) is 23.0 Å². The van der Waals surface area contributed by atoms with Crippen LogP contribution in [0.15, 0.2) is 47.3 Å². The molecule has 0 bridgehead atoms. The SMILES string of the molecule is COc1ccc2[nH]c3c(c2c1)CCCC3NC(=O)CNc1ccc2c(cc1=O)[C@H](NC(C)=O)CCc1cc(OC)c(OC)c(OC)c1-2. The molecular weight excluding hydrogens is 600 g/mol. The number of methoxy groups -OCH3 is 4. The van der Waals surface area contributed by atoms with E-state index in [1.807, 2.05) is 30.3 Å². The van der Waals surface area contributed by atoms with Crippen LogP contribution in [-0.4, -0.2) is 51.8 Å². The molecule has 3 aromatic carbocycles. The van der Waals surface area contributed by atoms with Crippen molar-refractivity contribution in [1.82, 2.24) is 15.6 Å². The number of aryl methyl sites for hydroxylation is 2. The van der Waals surface area contributed by atoms with E-state index >= 15 is 0 Å². The third kappa shape index (κ3) is 6.05. The Morgan fingerprint density at radius 2 is 1.68 bits per heavy atom. The van der Waals surface area contributed by atoms with E-state index in [0.29, 0.717) is 41.2 Å². The van der Waals surface area contributed by atoms with Gasteiger partial charge in [-0.2, -0.15) is 0 Å². The van der Waals surface area contributed by atoms with Crippen molar-refractivity contribution in [2.75, 3.05) is 40.3 Å². The molecule has 1 aromatic heterocycles. The molecule has 6 rings (SSSR count). The lowest BCUT2D eigenvalue weighted by Gasteiger charge is -2.24. The standard InChI is InChI=1S/C36H40N4O7/c1-19(41)38-26-12-9-20-15-31(45-3)35(46-4)36(47-5)33(20)22-11-14-28(30(42)17-25(22)26)37-18-32(43)39-29-8-6-7-23-24-16-21(44-2)10-13-27(24)40-34(23)29/h10-11,13-17,26,29,40H,6-9,12,18H2,1-5H3,(H,37,42)(H,38,41)(H,39,43)/t26-,29?/m1/s1. The minimum atomic E-state index is -0.426. The summed E-state index contributed by atoms with van der Waals surface area (Å²) in [7, 11) is 6.32. The van der Waals surface area contributed by atoms with Gasteiger partial charge in [0.1, 0.15) is 5.75 Å². The van der Waals surface area contributed by atoms with Crippen molar-refractivity contribution in [1.29, 1.82) is 0 Å². The van der Waals surface area contributed by atoms with Crippen LogP contribution < -0.4 is 40.3 Å². The van der Waals surface area contributed by atoms with E-state index in [2.05, 4.69) is 20.9 Å². The largest absolute Gasteiger partial charge is 0.497 e. The summed E-state index contributed by atoms with van der Waals surface area (Å²) in [6, 6.07) is 12.3. The maximum absolute atomic E-state index is 13.6. The summed E-state index contributed by atoms with van der Waals surface area (Å²) in [5.41, 5.74) is 6.23. The number of aromatic nitrogens is 1. The second-order valence-corrected chi connectivity index (χ2v) is 11.9. The second-order valence-electron chi connectivity index (χ2n) is 11.9. The molecule has 2 amide bonds. The number of hydrogen-bond donors (Lipinski definition) is 4. The van der Waals surface area contributed by atoms with Crippen LogP contribution >= 0.6 is 0 Å². The van der Waals surface area contributed by atoms with Crippen molar-refractivity contribution in [2.45, 2.75) is 51.1 Å². The number of fused-ring (bicyclic) bond motifs is 6. The Morgan fingerprint density at radius 3 is 2.40 bits per heavy atom. The summed E-state index contributed by atoms with van der Waals surface area (Å²) < 4.78 is 22.5. The first-order chi connectivity index (χ1) is 22.8. The predicted molar refractivity (Wildman–Crippen MR) is 180 cm³/mol. The smallest absolute Gasteiger partial charge is 0.239 e. The minimum Gasteiger partial charge on any atom is -0.497 e. The van der Waals surface area contributed by atoms with Gasteiger partial charge in [-0.05, 0) is 90.8 Å². The molecule has 11 nitrogen and oxygen atoms in total. The van der Waals surface area contributed by atoms with E-state index in [4.69, 9.17) is 18.9 Å². The van der Waals surface area contributed by atoms with E-state index in [1.165, 1.54) is 18.6 Å². The number of amides is 2. The fourth-order valence-electron chi connectivity index (χ4n) is 6.99. The lowest BCUT2D eigenvalue weighted by Crippen LogP contribution is -2.35. The molecule has 246 valence electrons. The first-order valence-corrected chi connectivity index (χ1v) is 15.8. The van der Waals surface area contributed by atoms with Gasteiger partial charge < -0.3 is 39.9 Å². The van der Waals surface area contributed by atoms with Gasteiger partial charge in [0.15, 0.2) is 11.5 Å². The molecule has 2 atom stereocenters. The molecule has 11 heteroatoms. The summed E-state index contributed by atoms with van der Waals surface area (Å²) in [5, 5.41) is 10.3. The number of carbonyl (C=O) groups excluding carboxylic acids is 2. The average Bonchev–Trinajstić information content (AvgIpc) is 3.29. The summed E-state index contributed by atoms with van der Waals surface area (Å²) in [6.07, 6.45) is 3.82. The molecule has 0 spiro atoms. The van der Waals surface area contributed by atoms with Crippen molar-refractivity contribution >= 4 is 28.4 Å². The van der Waals surface area contributed by atoms with Gasteiger partial charge in [0.25, 0.3) is 0 Å². The Balaban J connectivity index is 1.30. The van der Waals surface area contributed by atoms with Crippen LogP contribution in [0.1, 0.15) is 60.7 Å². The molecule has 1 heterocycles. The van der Waals surface area contributed by atoms with Gasteiger partial charge in [-0.15, -0.1) is 0 Å². The predicted octanol–water partition coefficient (Wildman–Crippen LogP) is 4.96. The molecule has 4 N–H and O–H groups in total. The van der Waals surface area contributed by atoms with Gasteiger partial charge >= 0.3 is 0 Å². The summed E-state index contributed by atoms with van der Waals surface area (Å²) in [5.74, 6) is 1.79. The van der Waals surface area contributed by atoms with Crippen LogP contribution in [0.25, 0.3) is 22.0 Å². The highest BCUT2D eigenvalue weighted by atomic mass is 16.5. The highest BCUT2D eigenvalue weighted by molar-refractivity contribution is 5.88. The molecule has 0 aliphatic heterocycles. The molecule has 0 saturated carbocycles. The molecular formula is C36H40N4O7. The molecule has 0 saturated heterocycles. The fraction of sp³-hybridized carbons (Fsp3) is 0.361. The number of nitrogens with one attached hydrogen (secondary N) is 4. The molecule has 0 radical (unpaired) electrons. The number of hydrogen-bond acceptors (Lipinski definition) is 8. The van der Waals surface area contributed by atoms with Gasteiger partial charge in [-0.25, -0.2) is 0 Å². The summed E-state index contributed by atoms with van der Waals surface area (Å²) in [4.78, 5) is 42.6. The zero-order valence-electron chi connectivity index (χ0n) is 27.3. The van der Waals surface area contributed by atoms with Crippen molar-refractivity contribution < 1.29 is 28.5 Å². The second kappa shape index (κ2) is 13.3. The lowest BCUT2D eigenvalue weighted by atomic mass is 9.91. The molecule has 1 unspecified atom stereocenters. The molecule has 47 heavy (non-hydrogen) atoms. The highest BCUT2D eigenvalue weighted by Crippen LogP contribution is 2.50. The number of aromatic amines is 1. The van der Waals surface area contributed by atoms with Crippen LogP contribution in [0.3, 0.4) is 0 Å². The number of H-pyrrole nitrogens is 1. The van der Waals surface area contributed by atoms with Crippen molar-refractivity contribution in [3.8, 4) is 34.1 Å². The fourth-order valence-corrected chi connectivity index (χ4v) is 6.99. The third-order valence-corrected chi connectivity index (χ3v) is 9.10. The van der Waals surface area contributed by atoms with E-state index in [9.17, 15) is 14.4 Å². The van der Waals surface area contributed by atoms with E-state index < -0.39 is 6.04 Å². The maximum Gasteiger partial charge on any atom is 0.239 e. The molecule has 4 aromatic rings. The lowest BCUT2D eigenvalue weighted by molar-refractivity contribution is -0.120. The normalized spacial score (nSPS) is 16.5. The maximum atomic E-state index is 13.6. The zero-order chi connectivity index (χ0) is 33.2. The molecule has 2 aliphatic rings. The third-order valence-electron chi connectivity index (χ3n) is 9.10. The van der Waals surface area contributed by atoms with Gasteiger partial charge in [0.05, 0.1) is 52.8 Å². The Kier molecular flexibility index (Phi) is 8.97. The molecule has 2 aliphatic carbocycles. The van der Waals surface area contributed by atoms with Crippen molar-refractivity contribution in [2.24, 2.45) is 0 Å². The zero-order valence-corrected chi connectivity index (χ0v) is 27.3. The Labute approximate surface area is 272 Å². The quantitative estimate of drug-likeness (QED) is 0.201. The van der Waals surface area contributed by atoms with Crippen LogP contribution in [-0.2, 0) is 22.4 Å². The van der Waals surface area contributed by atoms with Gasteiger partial charge in [-0.1, -0.05) is 6.07 Å². The highest BCUT2D eigenvalue weighted by Gasteiger charge is 2.30. The molecule has 0 fully saturated rings. The van der Waals surface area contributed by atoms with Gasteiger partial charge in [0, 0.05) is 29.1 Å².